The van der Waals surface area contributed by atoms with Gasteiger partial charge in [-0.05, 0) is 73.1 Å². The molecule has 1 heterocycles. The summed E-state index contributed by atoms with van der Waals surface area (Å²) < 4.78 is 12.5. The van der Waals surface area contributed by atoms with Crippen LogP contribution in [0.25, 0.3) is 6.08 Å². The van der Waals surface area contributed by atoms with Gasteiger partial charge >= 0.3 is 0 Å². The SMILES string of the molecule is Cc1ccc(C)c(OCCN2C(=O)S/C(=C\c3cc(Br)ccc3OCc3ccccc3[N+](=O)[O-])C2=O)c1. The number of nitro groups is 1. The first kappa shape index (κ1) is 26.4. The molecule has 1 fully saturated rings. The first-order chi connectivity index (χ1) is 17.7. The Kier molecular flexibility index (Phi) is 8.30. The van der Waals surface area contributed by atoms with Gasteiger partial charge in [0.25, 0.3) is 16.8 Å². The number of ether oxygens (including phenoxy) is 2. The summed E-state index contributed by atoms with van der Waals surface area (Å²) in [4.78, 5) is 37.9. The summed E-state index contributed by atoms with van der Waals surface area (Å²) in [5, 5.41) is 10.9. The largest absolute Gasteiger partial charge is 0.491 e. The molecule has 0 aliphatic carbocycles. The van der Waals surface area contributed by atoms with Crippen molar-refractivity contribution in [2.45, 2.75) is 20.5 Å². The molecule has 0 aromatic heterocycles. The zero-order valence-corrected chi connectivity index (χ0v) is 22.5. The van der Waals surface area contributed by atoms with Crippen LogP contribution in [0.1, 0.15) is 22.3 Å². The van der Waals surface area contributed by atoms with Crippen LogP contribution in [-0.2, 0) is 11.4 Å². The van der Waals surface area contributed by atoms with Crippen molar-refractivity contribution in [3.8, 4) is 11.5 Å². The second kappa shape index (κ2) is 11.6. The summed E-state index contributed by atoms with van der Waals surface area (Å²) >= 11 is 4.27. The van der Waals surface area contributed by atoms with Gasteiger partial charge in [0.1, 0.15) is 24.7 Å². The fourth-order valence-corrected chi connectivity index (χ4v) is 4.91. The monoisotopic (exact) mass is 582 g/mol. The van der Waals surface area contributed by atoms with Gasteiger partial charge in [0.2, 0.25) is 0 Å². The number of para-hydroxylation sites is 1. The van der Waals surface area contributed by atoms with Crippen molar-refractivity contribution in [3.05, 3.63) is 102 Å². The van der Waals surface area contributed by atoms with Crippen LogP contribution < -0.4 is 9.47 Å². The van der Waals surface area contributed by atoms with Crippen LogP contribution in [0.15, 0.2) is 70.0 Å². The number of halogens is 1. The maximum Gasteiger partial charge on any atom is 0.293 e. The number of carbonyl (C=O) groups excluding carboxylic acids is 2. The van der Waals surface area contributed by atoms with E-state index in [-0.39, 0.29) is 35.6 Å². The minimum absolute atomic E-state index is 0.0309. The van der Waals surface area contributed by atoms with Crippen molar-refractivity contribution in [2.24, 2.45) is 0 Å². The first-order valence-corrected chi connectivity index (χ1v) is 12.9. The van der Waals surface area contributed by atoms with E-state index in [1.54, 1.807) is 42.5 Å². The molecule has 3 aromatic carbocycles. The standard InChI is InChI=1S/C27H23BrN2O6S/c1-17-7-8-18(2)24(13-17)35-12-11-29-26(31)25(37-27(29)32)15-20-14-21(28)9-10-23(20)36-16-19-5-3-4-6-22(19)30(33)34/h3-10,13-15H,11-12,16H2,1-2H3/b25-15-. The number of imide groups is 1. The molecule has 0 bridgehead atoms. The van der Waals surface area contributed by atoms with Gasteiger partial charge in [-0.3, -0.25) is 24.6 Å². The predicted molar refractivity (Wildman–Crippen MR) is 146 cm³/mol. The molecule has 1 aliphatic heterocycles. The summed E-state index contributed by atoms with van der Waals surface area (Å²) in [6.07, 6.45) is 1.59. The van der Waals surface area contributed by atoms with Crippen molar-refractivity contribution in [3.63, 3.8) is 0 Å². The predicted octanol–water partition coefficient (Wildman–Crippen LogP) is 6.67. The van der Waals surface area contributed by atoms with Crippen LogP contribution in [0, 0.1) is 24.0 Å². The normalized spacial score (nSPS) is 14.4. The number of nitro benzene ring substituents is 1. The van der Waals surface area contributed by atoms with E-state index in [9.17, 15) is 19.7 Å². The molecule has 0 unspecified atom stereocenters. The topological polar surface area (TPSA) is 99.0 Å². The van der Waals surface area contributed by atoms with Crippen molar-refractivity contribution >= 4 is 50.6 Å². The van der Waals surface area contributed by atoms with E-state index in [0.29, 0.717) is 16.9 Å². The number of nitrogens with zero attached hydrogens (tertiary/aromatic N) is 2. The molecule has 10 heteroatoms. The lowest BCUT2D eigenvalue weighted by Gasteiger charge is -2.14. The molecule has 0 radical (unpaired) electrons. The Balaban J connectivity index is 1.47. The zero-order chi connectivity index (χ0) is 26.5. The van der Waals surface area contributed by atoms with Crippen molar-refractivity contribution in [1.29, 1.82) is 0 Å². The van der Waals surface area contributed by atoms with Crippen LogP contribution in [0.5, 0.6) is 11.5 Å². The Morgan fingerprint density at radius 3 is 2.59 bits per heavy atom. The average Bonchev–Trinajstić information content (AvgIpc) is 3.13. The average molecular weight is 583 g/mol. The van der Waals surface area contributed by atoms with E-state index >= 15 is 0 Å². The minimum atomic E-state index is -0.457. The zero-order valence-electron chi connectivity index (χ0n) is 20.1. The van der Waals surface area contributed by atoms with E-state index in [1.807, 2.05) is 32.0 Å². The molecule has 8 nitrogen and oxygen atoms in total. The lowest BCUT2D eigenvalue weighted by Crippen LogP contribution is -2.32. The van der Waals surface area contributed by atoms with Crippen molar-refractivity contribution < 1.29 is 24.0 Å². The molecule has 190 valence electrons. The first-order valence-electron chi connectivity index (χ1n) is 11.3. The number of carbonyl (C=O) groups is 2. The third kappa shape index (κ3) is 6.39. The van der Waals surface area contributed by atoms with Gasteiger partial charge in [0.15, 0.2) is 0 Å². The maximum absolute atomic E-state index is 13.0. The van der Waals surface area contributed by atoms with E-state index in [4.69, 9.17) is 9.47 Å². The van der Waals surface area contributed by atoms with Gasteiger partial charge in [-0.25, -0.2) is 0 Å². The maximum atomic E-state index is 13.0. The molecule has 2 amide bonds. The number of hydrogen-bond acceptors (Lipinski definition) is 7. The molecule has 0 N–H and O–H groups in total. The second-order valence-electron chi connectivity index (χ2n) is 8.31. The minimum Gasteiger partial charge on any atom is -0.491 e. The number of thioether (sulfide) groups is 1. The lowest BCUT2D eigenvalue weighted by molar-refractivity contribution is -0.385. The Bertz CT molecular complexity index is 1410. The Labute approximate surface area is 226 Å². The van der Waals surface area contributed by atoms with Crippen LogP contribution in [0.2, 0.25) is 0 Å². The molecule has 0 spiro atoms. The van der Waals surface area contributed by atoms with Gasteiger partial charge < -0.3 is 9.47 Å². The highest BCUT2D eigenvalue weighted by Crippen LogP contribution is 2.35. The highest BCUT2D eigenvalue weighted by atomic mass is 79.9. The van der Waals surface area contributed by atoms with Crippen molar-refractivity contribution in [2.75, 3.05) is 13.2 Å². The van der Waals surface area contributed by atoms with E-state index in [2.05, 4.69) is 15.9 Å². The summed E-state index contributed by atoms with van der Waals surface area (Å²) in [6.45, 7) is 4.17. The molecule has 1 aliphatic rings. The highest BCUT2D eigenvalue weighted by Gasteiger charge is 2.35. The van der Waals surface area contributed by atoms with E-state index in [0.717, 1.165) is 38.0 Å². The van der Waals surface area contributed by atoms with E-state index in [1.165, 1.54) is 6.07 Å². The van der Waals surface area contributed by atoms with Crippen molar-refractivity contribution in [1.82, 2.24) is 4.90 Å². The summed E-state index contributed by atoms with van der Waals surface area (Å²) in [5.41, 5.74) is 2.98. The lowest BCUT2D eigenvalue weighted by atomic mass is 10.1. The number of amides is 2. The smallest absolute Gasteiger partial charge is 0.293 e. The Hall–Kier alpha value is -3.63. The van der Waals surface area contributed by atoms with Gasteiger partial charge in [0, 0.05) is 16.1 Å². The number of benzene rings is 3. The number of rotatable bonds is 9. The van der Waals surface area contributed by atoms with Gasteiger partial charge in [-0.15, -0.1) is 0 Å². The molecular weight excluding hydrogens is 560 g/mol. The fourth-order valence-electron chi connectivity index (χ4n) is 3.67. The molecule has 37 heavy (non-hydrogen) atoms. The third-order valence-electron chi connectivity index (χ3n) is 5.62. The second-order valence-corrected chi connectivity index (χ2v) is 10.2. The Morgan fingerprint density at radius 1 is 1.03 bits per heavy atom. The molecule has 3 aromatic rings. The molecule has 1 saturated heterocycles. The molecule has 4 rings (SSSR count). The van der Waals surface area contributed by atoms with Gasteiger partial charge in [-0.1, -0.05) is 40.2 Å². The summed E-state index contributed by atoms with van der Waals surface area (Å²) in [6, 6.07) is 17.4. The van der Waals surface area contributed by atoms with Gasteiger partial charge in [-0.2, -0.15) is 0 Å². The fraction of sp³-hybridized carbons (Fsp3) is 0.185. The van der Waals surface area contributed by atoms with Crippen LogP contribution >= 0.6 is 27.7 Å². The summed E-state index contributed by atoms with van der Waals surface area (Å²) in [7, 11) is 0. The van der Waals surface area contributed by atoms with Crippen LogP contribution in [0.3, 0.4) is 0 Å². The highest BCUT2D eigenvalue weighted by molar-refractivity contribution is 9.10. The number of aryl methyl sites for hydroxylation is 2. The molecule has 0 saturated carbocycles. The third-order valence-corrected chi connectivity index (χ3v) is 7.02. The van der Waals surface area contributed by atoms with Crippen LogP contribution in [0.4, 0.5) is 10.5 Å². The van der Waals surface area contributed by atoms with Gasteiger partial charge in [0.05, 0.1) is 21.9 Å². The Morgan fingerprint density at radius 2 is 1.81 bits per heavy atom. The molecule has 0 atom stereocenters. The number of hydrogen-bond donors (Lipinski definition) is 0. The van der Waals surface area contributed by atoms with E-state index < -0.39 is 10.8 Å². The quantitative estimate of drug-likeness (QED) is 0.158. The van der Waals surface area contributed by atoms with Crippen LogP contribution in [-0.4, -0.2) is 34.1 Å². The summed E-state index contributed by atoms with van der Waals surface area (Å²) in [5.74, 6) is 0.729. The molecular formula is C27H23BrN2O6S.